The van der Waals surface area contributed by atoms with E-state index >= 15 is 0 Å². The number of carbonyl (C=O) groups excluding carboxylic acids is 2. The van der Waals surface area contributed by atoms with Gasteiger partial charge in [0.1, 0.15) is 11.4 Å². The van der Waals surface area contributed by atoms with Gasteiger partial charge < -0.3 is 4.74 Å². The van der Waals surface area contributed by atoms with Crippen LogP contribution in [0, 0.1) is 0 Å². The number of ketones is 1. The number of hydrogen-bond donors (Lipinski definition) is 0. The molecule has 2 aliphatic rings. The van der Waals surface area contributed by atoms with Crippen molar-refractivity contribution in [2.45, 2.75) is 64.1 Å². The number of rotatable bonds is 2. The molecule has 0 saturated carbocycles. The van der Waals surface area contributed by atoms with Crippen LogP contribution in [-0.2, 0) is 14.3 Å². The molecule has 0 N–H and O–H groups in total. The molecule has 2 unspecified atom stereocenters. The number of hydrogen-bond acceptors (Lipinski definition) is 4. The Morgan fingerprint density at radius 3 is 2.29 bits per heavy atom. The topological polar surface area (TPSA) is 46.6 Å². The van der Waals surface area contributed by atoms with Gasteiger partial charge in [-0.15, -0.1) is 0 Å². The number of piperidine rings is 1. The van der Waals surface area contributed by atoms with Crippen LogP contribution in [0.15, 0.2) is 0 Å². The highest BCUT2D eigenvalue weighted by Gasteiger charge is 2.41. The van der Waals surface area contributed by atoms with Crippen LogP contribution in [-0.4, -0.2) is 40.9 Å². The van der Waals surface area contributed by atoms with E-state index in [1.54, 1.807) is 0 Å². The summed E-state index contributed by atoms with van der Waals surface area (Å²) in [6.45, 7) is 5.96. The summed E-state index contributed by atoms with van der Waals surface area (Å²) in [5.74, 6) is 0.168. The molecule has 96 valence electrons. The first-order valence-corrected chi connectivity index (χ1v) is 6.34. The molecule has 0 aliphatic carbocycles. The van der Waals surface area contributed by atoms with Crippen LogP contribution < -0.4 is 0 Å². The molecule has 2 heterocycles. The summed E-state index contributed by atoms with van der Waals surface area (Å²) < 4.78 is 5.33. The van der Waals surface area contributed by atoms with Crippen molar-refractivity contribution < 1.29 is 14.3 Å². The Hall–Kier alpha value is -0.900. The van der Waals surface area contributed by atoms with Gasteiger partial charge in [-0.3, -0.25) is 14.5 Å². The summed E-state index contributed by atoms with van der Waals surface area (Å²) in [6.07, 6.45) is 3.30. The van der Waals surface area contributed by atoms with Gasteiger partial charge in [-0.2, -0.15) is 0 Å². The van der Waals surface area contributed by atoms with E-state index in [1.807, 2.05) is 20.8 Å². The lowest BCUT2D eigenvalue weighted by molar-refractivity contribution is -0.158. The van der Waals surface area contributed by atoms with Crippen LogP contribution >= 0.6 is 0 Å². The van der Waals surface area contributed by atoms with Gasteiger partial charge in [-0.05, 0) is 33.6 Å². The molecule has 2 rings (SSSR count). The summed E-state index contributed by atoms with van der Waals surface area (Å²) in [5, 5.41) is 0. The second-order valence-corrected chi connectivity index (χ2v) is 6.09. The van der Waals surface area contributed by atoms with Crippen molar-refractivity contribution in [3.63, 3.8) is 0 Å². The lowest BCUT2D eigenvalue weighted by atomic mass is 10.0. The first kappa shape index (κ1) is 12.6. The Morgan fingerprint density at radius 1 is 1.29 bits per heavy atom. The Bertz CT molecular complexity index is 316. The normalized spacial score (nSPS) is 29.5. The molecular formula is C13H21NO3. The molecular weight excluding hydrogens is 218 g/mol. The molecule has 2 aliphatic heterocycles. The highest BCUT2D eigenvalue weighted by Crippen LogP contribution is 2.33. The van der Waals surface area contributed by atoms with Crippen molar-refractivity contribution in [2.75, 3.05) is 6.54 Å². The molecule has 0 spiro atoms. The van der Waals surface area contributed by atoms with Gasteiger partial charge in [0, 0.05) is 24.9 Å². The largest absolute Gasteiger partial charge is 0.459 e. The summed E-state index contributed by atoms with van der Waals surface area (Å²) >= 11 is 0. The quantitative estimate of drug-likeness (QED) is 0.685. The van der Waals surface area contributed by atoms with Gasteiger partial charge in [-0.25, -0.2) is 0 Å². The SMILES string of the molecule is CC(C)(C)OC(=O)CN1C2CCC1CC(=O)C2. The molecule has 2 fully saturated rings. The number of carbonyl (C=O) groups is 2. The molecule has 17 heavy (non-hydrogen) atoms. The predicted molar refractivity (Wildman–Crippen MR) is 63.6 cm³/mol. The maximum atomic E-state index is 11.8. The minimum Gasteiger partial charge on any atom is -0.459 e. The average Bonchev–Trinajstić information content (AvgIpc) is 2.42. The smallest absolute Gasteiger partial charge is 0.320 e. The standard InChI is InChI=1S/C13H21NO3/c1-13(2,3)17-12(16)8-14-9-4-5-10(14)7-11(15)6-9/h9-10H,4-8H2,1-3H3. The van der Waals surface area contributed by atoms with E-state index in [4.69, 9.17) is 4.74 Å². The third kappa shape index (κ3) is 3.06. The fraction of sp³-hybridized carbons (Fsp3) is 0.846. The molecule has 4 heteroatoms. The molecule has 2 atom stereocenters. The molecule has 4 nitrogen and oxygen atoms in total. The zero-order valence-electron chi connectivity index (χ0n) is 10.9. The molecule has 2 saturated heterocycles. The first-order chi connectivity index (χ1) is 7.85. The van der Waals surface area contributed by atoms with Gasteiger partial charge >= 0.3 is 5.97 Å². The maximum absolute atomic E-state index is 11.8. The van der Waals surface area contributed by atoms with Crippen molar-refractivity contribution in [2.24, 2.45) is 0 Å². The second-order valence-electron chi connectivity index (χ2n) is 6.09. The Morgan fingerprint density at radius 2 is 1.82 bits per heavy atom. The molecule has 2 bridgehead atoms. The summed E-state index contributed by atoms with van der Waals surface area (Å²) in [4.78, 5) is 25.4. The zero-order chi connectivity index (χ0) is 12.6. The lowest BCUT2D eigenvalue weighted by Gasteiger charge is -2.33. The van der Waals surface area contributed by atoms with Gasteiger partial charge in [0.15, 0.2) is 0 Å². The fourth-order valence-electron chi connectivity index (χ4n) is 2.84. The number of fused-ring (bicyclic) bond motifs is 2. The number of Topliss-reactive ketones (excluding diaryl/α,β-unsaturated/α-hetero) is 1. The second kappa shape index (κ2) is 4.41. The fourth-order valence-corrected chi connectivity index (χ4v) is 2.84. The Balaban J connectivity index is 1.92. The number of esters is 1. The third-order valence-corrected chi connectivity index (χ3v) is 3.43. The van der Waals surface area contributed by atoms with E-state index in [9.17, 15) is 9.59 Å². The van der Waals surface area contributed by atoms with Crippen molar-refractivity contribution in [3.05, 3.63) is 0 Å². The number of ether oxygens (including phenoxy) is 1. The van der Waals surface area contributed by atoms with Crippen LogP contribution in [0.3, 0.4) is 0 Å². The third-order valence-electron chi connectivity index (χ3n) is 3.43. The van der Waals surface area contributed by atoms with Crippen molar-refractivity contribution in [1.29, 1.82) is 0 Å². The summed E-state index contributed by atoms with van der Waals surface area (Å²) in [7, 11) is 0. The number of nitrogens with zero attached hydrogens (tertiary/aromatic N) is 1. The maximum Gasteiger partial charge on any atom is 0.320 e. The predicted octanol–water partition coefficient (Wildman–Crippen LogP) is 1.52. The van der Waals surface area contributed by atoms with Crippen LogP contribution in [0.2, 0.25) is 0 Å². The molecule has 0 amide bonds. The van der Waals surface area contributed by atoms with Crippen LogP contribution in [0.4, 0.5) is 0 Å². The minimum absolute atomic E-state index is 0.177. The van der Waals surface area contributed by atoms with E-state index in [2.05, 4.69) is 4.90 Å². The van der Waals surface area contributed by atoms with Crippen LogP contribution in [0.5, 0.6) is 0 Å². The van der Waals surface area contributed by atoms with E-state index in [1.165, 1.54) is 0 Å². The van der Waals surface area contributed by atoms with E-state index in [0.29, 0.717) is 25.2 Å². The summed E-state index contributed by atoms with van der Waals surface area (Å²) in [5.41, 5.74) is -0.429. The monoisotopic (exact) mass is 239 g/mol. The van der Waals surface area contributed by atoms with Gasteiger partial charge in [0.05, 0.1) is 6.54 Å². The van der Waals surface area contributed by atoms with Gasteiger partial charge in [0.25, 0.3) is 0 Å². The molecule has 0 aromatic carbocycles. The van der Waals surface area contributed by atoms with Crippen molar-refractivity contribution in [1.82, 2.24) is 4.90 Å². The van der Waals surface area contributed by atoms with Gasteiger partial charge in [-0.1, -0.05) is 0 Å². The average molecular weight is 239 g/mol. The summed E-state index contributed by atoms with van der Waals surface area (Å²) in [6, 6.07) is 0.544. The molecule has 0 aromatic heterocycles. The first-order valence-electron chi connectivity index (χ1n) is 6.34. The van der Waals surface area contributed by atoms with E-state index in [0.717, 1.165) is 12.8 Å². The van der Waals surface area contributed by atoms with Crippen molar-refractivity contribution in [3.8, 4) is 0 Å². The van der Waals surface area contributed by atoms with Crippen molar-refractivity contribution >= 4 is 11.8 Å². The van der Waals surface area contributed by atoms with E-state index < -0.39 is 5.60 Å². The van der Waals surface area contributed by atoms with E-state index in [-0.39, 0.29) is 18.1 Å². The Labute approximate surface area is 102 Å². The Kier molecular flexibility index (Phi) is 3.25. The van der Waals surface area contributed by atoms with Crippen LogP contribution in [0.1, 0.15) is 46.5 Å². The highest BCUT2D eigenvalue weighted by atomic mass is 16.6. The minimum atomic E-state index is -0.429. The lowest BCUT2D eigenvalue weighted by Crippen LogP contribution is -2.46. The molecule has 0 radical (unpaired) electrons. The molecule has 0 aromatic rings. The highest BCUT2D eigenvalue weighted by molar-refractivity contribution is 5.81. The van der Waals surface area contributed by atoms with Gasteiger partial charge in [0.2, 0.25) is 0 Å². The van der Waals surface area contributed by atoms with Crippen LogP contribution in [0.25, 0.3) is 0 Å². The zero-order valence-corrected chi connectivity index (χ0v) is 10.9.